The normalized spacial score (nSPS) is 26.4. The highest BCUT2D eigenvalue weighted by Gasteiger charge is 2.27. The Bertz CT molecular complexity index is 373. The van der Waals surface area contributed by atoms with E-state index < -0.39 is 0 Å². The number of aryl methyl sites for hydroxylation is 1. The molecule has 0 aromatic heterocycles. The van der Waals surface area contributed by atoms with E-state index in [2.05, 4.69) is 49.9 Å². The van der Waals surface area contributed by atoms with E-state index in [1.54, 1.807) is 0 Å². The minimum atomic E-state index is 0.316. The van der Waals surface area contributed by atoms with Crippen molar-refractivity contribution in [3.63, 3.8) is 0 Å². The zero-order chi connectivity index (χ0) is 12.4. The fraction of sp³-hybridized carbons (Fsp3) is 0.600. The molecule has 17 heavy (non-hydrogen) atoms. The molecule has 0 aliphatic carbocycles. The van der Waals surface area contributed by atoms with Gasteiger partial charge in [-0.15, -0.1) is 0 Å². The third kappa shape index (κ3) is 3.08. The first-order valence-corrected chi connectivity index (χ1v) is 6.62. The zero-order valence-electron chi connectivity index (χ0n) is 11.2. The van der Waals surface area contributed by atoms with Crippen molar-refractivity contribution >= 4 is 0 Å². The van der Waals surface area contributed by atoms with E-state index in [0.29, 0.717) is 18.0 Å². The van der Waals surface area contributed by atoms with E-state index in [9.17, 15) is 0 Å². The Labute approximate surface area is 105 Å². The summed E-state index contributed by atoms with van der Waals surface area (Å²) in [4.78, 5) is 2.50. The number of nitrogens with zero attached hydrogens (tertiary/aromatic N) is 1. The van der Waals surface area contributed by atoms with Gasteiger partial charge in [0.05, 0.1) is 0 Å². The van der Waals surface area contributed by atoms with Gasteiger partial charge in [-0.1, -0.05) is 29.8 Å². The summed E-state index contributed by atoms with van der Waals surface area (Å²) in [5.74, 6) is 0.598. The molecule has 1 heterocycles. The molecule has 2 heteroatoms. The number of benzene rings is 1. The second-order valence-electron chi connectivity index (χ2n) is 5.65. The Morgan fingerprint density at radius 1 is 1.29 bits per heavy atom. The SMILES string of the molecule is Cc1cccc(C2CC(N)CN(C(C)C)C2)c1. The number of nitrogens with two attached hydrogens (primary N) is 1. The fourth-order valence-electron chi connectivity index (χ4n) is 2.76. The fourth-order valence-corrected chi connectivity index (χ4v) is 2.76. The van der Waals surface area contributed by atoms with Crippen LogP contribution in [-0.2, 0) is 0 Å². The van der Waals surface area contributed by atoms with Crippen LogP contribution in [0.15, 0.2) is 24.3 Å². The van der Waals surface area contributed by atoms with Crippen molar-refractivity contribution in [2.75, 3.05) is 13.1 Å². The number of likely N-dealkylation sites (tertiary alicyclic amines) is 1. The standard InChI is InChI=1S/C15H24N2/c1-11(2)17-9-14(8-15(16)10-17)13-6-4-5-12(3)7-13/h4-7,11,14-15H,8-10,16H2,1-3H3. The van der Waals surface area contributed by atoms with Crippen molar-refractivity contribution in [1.82, 2.24) is 4.90 Å². The Morgan fingerprint density at radius 2 is 2.06 bits per heavy atom. The summed E-state index contributed by atoms with van der Waals surface area (Å²) >= 11 is 0. The lowest BCUT2D eigenvalue weighted by Crippen LogP contribution is -2.48. The summed E-state index contributed by atoms with van der Waals surface area (Å²) in [5.41, 5.74) is 8.98. The maximum absolute atomic E-state index is 6.19. The van der Waals surface area contributed by atoms with Gasteiger partial charge in [-0.2, -0.15) is 0 Å². The summed E-state index contributed by atoms with van der Waals surface area (Å²) in [5, 5.41) is 0. The van der Waals surface area contributed by atoms with Crippen molar-refractivity contribution in [2.45, 2.75) is 45.2 Å². The molecule has 2 unspecified atom stereocenters. The quantitative estimate of drug-likeness (QED) is 0.849. The molecule has 1 aromatic carbocycles. The first-order chi connectivity index (χ1) is 8.06. The van der Waals surface area contributed by atoms with Gasteiger partial charge in [0.15, 0.2) is 0 Å². The Morgan fingerprint density at radius 3 is 2.71 bits per heavy atom. The van der Waals surface area contributed by atoms with Crippen LogP contribution in [0.2, 0.25) is 0 Å². The highest BCUT2D eigenvalue weighted by atomic mass is 15.2. The first kappa shape index (κ1) is 12.6. The second-order valence-corrected chi connectivity index (χ2v) is 5.65. The third-order valence-corrected chi connectivity index (χ3v) is 3.76. The van der Waals surface area contributed by atoms with Crippen molar-refractivity contribution in [3.8, 4) is 0 Å². The lowest BCUT2D eigenvalue weighted by molar-refractivity contribution is 0.152. The molecular weight excluding hydrogens is 208 g/mol. The van der Waals surface area contributed by atoms with Gasteiger partial charge in [-0.05, 0) is 38.7 Å². The number of piperidine rings is 1. The molecule has 2 N–H and O–H groups in total. The van der Waals surface area contributed by atoms with Crippen LogP contribution in [0.4, 0.5) is 0 Å². The maximum Gasteiger partial charge on any atom is 0.0174 e. The number of rotatable bonds is 2. The first-order valence-electron chi connectivity index (χ1n) is 6.62. The molecule has 0 spiro atoms. The highest BCUT2D eigenvalue weighted by molar-refractivity contribution is 5.26. The van der Waals surface area contributed by atoms with E-state index >= 15 is 0 Å². The Balaban J connectivity index is 2.15. The summed E-state index contributed by atoms with van der Waals surface area (Å²) < 4.78 is 0. The van der Waals surface area contributed by atoms with Crippen molar-refractivity contribution < 1.29 is 0 Å². The van der Waals surface area contributed by atoms with Crippen LogP contribution in [0.1, 0.15) is 37.3 Å². The van der Waals surface area contributed by atoms with Gasteiger partial charge < -0.3 is 5.73 Å². The van der Waals surface area contributed by atoms with Crippen LogP contribution in [0, 0.1) is 6.92 Å². The lowest BCUT2D eigenvalue weighted by atomic mass is 9.87. The molecule has 2 nitrogen and oxygen atoms in total. The third-order valence-electron chi connectivity index (χ3n) is 3.76. The molecule has 0 saturated carbocycles. The number of hydrogen-bond acceptors (Lipinski definition) is 2. The average Bonchev–Trinajstić information content (AvgIpc) is 2.28. The van der Waals surface area contributed by atoms with Gasteiger partial charge in [0.25, 0.3) is 0 Å². The van der Waals surface area contributed by atoms with E-state index in [0.717, 1.165) is 19.5 Å². The average molecular weight is 232 g/mol. The summed E-state index contributed by atoms with van der Waals surface area (Å²) in [6, 6.07) is 9.78. The maximum atomic E-state index is 6.19. The molecule has 1 aliphatic heterocycles. The molecule has 1 aromatic rings. The van der Waals surface area contributed by atoms with Crippen molar-refractivity contribution in [2.24, 2.45) is 5.73 Å². The van der Waals surface area contributed by atoms with Gasteiger partial charge in [0.1, 0.15) is 0 Å². The monoisotopic (exact) mass is 232 g/mol. The van der Waals surface area contributed by atoms with E-state index in [4.69, 9.17) is 5.73 Å². The van der Waals surface area contributed by atoms with Crippen LogP contribution in [0.5, 0.6) is 0 Å². The smallest absolute Gasteiger partial charge is 0.0174 e. The molecule has 0 amide bonds. The van der Waals surface area contributed by atoms with E-state index in [1.165, 1.54) is 11.1 Å². The summed E-state index contributed by atoms with van der Waals surface area (Å²) in [6.07, 6.45) is 1.12. The molecule has 0 bridgehead atoms. The molecule has 0 radical (unpaired) electrons. The van der Waals surface area contributed by atoms with Crippen LogP contribution >= 0.6 is 0 Å². The predicted molar refractivity (Wildman–Crippen MR) is 73.2 cm³/mol. The lowest BCUT2D eigenvalue weighted by Gasteiger charge is -2.39. The van der Waals surface area contributed by atoms with Crippen LogP contribution in [-0.4, -0.2) is 30.1 Å². The minimum Gasteiger partial charge on any atom is -0.327 e. The Kier molecular flexibility index (Phi) is 3.85. The van der Waals surface area contributed by atoms with Crippen molar-refractivity contribution in [3.05, 3.63) is 35.4 Å². The van der Waals surface area contributed by atoms with Gasteiger partial charge in [0, 0.05) is 25.2 Å². The summed E-state index contributed by atoms with van der Waals surface area (Å²) in [6.45, 7) is 8.86. The highest BCUT2D eigenvalue weighted by Crippen LogP contribution is 2.27. The predicted octanol–water partition coefficient (Wildman–Crippen LogP) is 2.52. The molecule has 2 rings (SSSR count). The molecule has 1 saturated heterocycles. The minimum absolute atomic E-state index is 0.316. The Hall–Kier alpha value is -0.860. The largest absolute Gasteiger partial charge is 0.327 e. The van der Waals surface area contributed by atoms with Crippen LogP contribution in [0.3, 0.4) is 0 Å². The van der Waals surface area contributed by atoms with E-state index in [-0.39, 0.29) is 0 Å². The molecule has 94 valence electrons. The molecule has 2 atom stereocenters. The van der Waals surface area contributed by atoms with Gasteiger partial charge in [-0.25, -0.2) is 0 Å². The van der Waals surface area contributed by atoms with Gasteiger partial charge in [0.2, 0.25) is 0 Å². The second kappa shape index (κ2) is 5.19. The van der Waals surface area contributed by atoms with E-state index in [1.807, 2.05) is 0 Å². The molecule has 1 aliphatic rings. The topological polar surface area (TPSA) is 29.3 Å². The number of hydrogen-bond donors (Lipinski definition) is 1. The summed E-state index contributed by atoms with van der Waals surface area (Å²) in [7, 11) is 0. The van der Waals surface area contributed by atoms with Crippen molar-refractivity contribution in [1.29, 1.82) is 0 Å². The zero-order valence-corrected chi connectivity index (χ0v) is 11.2. The molecule has 1 fully saturated rings. The van der Waals surface area contributed by atoms with Gasteiger partial charge >= 0.3 is 0 Å². The van der Waals surface area contributed by atoms with Crippen LogP contribution < -0.4 is 5.73 Å². The molecular formula is C15H24N2. The van der Waals surface area contributed by atoms with Gasteiger partial charge in [-0.3, -0.25) is 4.90 Å². The van der Waals surface area contributed by atoms with Crippen LogP contribution in [0.25, 0.3) is 0 Å².